The van der Waals surface area contributed by atoms with E-state index in [1.54, 1.807) is 0 Å². The number of hydrogen-bond acceptors (Lipinski definition) is 3. The molecule has 1 heterocycles. The van der Waals surface area contributed by atoms with Gasteiger partial charge < -0.3 is 10.5 Å². The molecule has 0 amide bonds. The predicted octanol–water partition coefficient (Wildman–Crippen LogP) is 2.25. The van der Waals surface area contributed by atoms with Gasteiger partial charge in [0.2, 0.25) is 0 Å². The summed E-state index contributed by atoms with van der Waals surface area (Å²) in [7, 11) is 2.24. The molecule has 1 aliphatic carbocycles. The van der Waals surface area contributed by atoms with Crippen molar-refractivity contribution in [3.8, 4) is 0 Å². The molecule has 1 saturated heterocycles. The van der Waals surface area contributed by atoms with Crippen LogP contribution in [0.2, 0.25) is 0 Å². The molecule has 3 unspecified atom stereocenters. The molecule has 1 aliphatic heterocycles. The van der Waals surface area contributed by atoms with Gasteiger partial charge in [0.1, 0.15) is 0 Å². The van der Waals surface area contributed by atoms with Gasteiger partial charge in [-0.3, -0.25) is 4.90 Å². The highest BCUT2D eigenvalue weighted by molar-refractivity contribution is 5.05. The lowest BCUT2D eigenvalue weighted by molar-refractivity contribution is 0.0208. The number of rotatable bonds is 4. The van der Waals surface area contributed by atoms with Crippen LogP contribution in [0.4, 0.5) is 0 Å². The molecule has 3 atom stereocenters. The van der Waals surface area contributed by atoms with E-state index in [9.17, 15) is 0 Å². The molecule has 2 N–H and O–H groups in total. The minimum Gasteiger partial charge on any atom is -0.377 e. The normalized spacial score (nSPS) is 39.7. The van der Waals surface area contributed by atoms with Crippen LogP contribution in [0.25, 0.3) is 0 Å². The summed E-state index contributed by atoms with van der Waals surface area (Å²) in [5.74, 6) is 0.670. The summed E-state index contributed by atoms with van der Waals surface area (Å²) in [6.07, 6.45) is 5.34. The van der Waals surface area contributed by atoms with Gasteiger partial charge >= 0.3 is 0 Å². The molecule has 18 heavy (non-hydrogen) atoms. The van der Waals surface area contributed by atoms with Crippen LogP contribution in [0.5, 0.6) is 0 Å². The standard InChI is InChI=1S/C15H30N2O/c1-12-8-14(2,3)10-15(12,11-16)17(4)9-13-6-5-7-18-13/h12-13H,5-11,16H2,1-4H3. The molecule has 0 spiro atoms. The molecule has 1 saturated carbocycles. The third-order valence-electron chi connectivity index (χ3n) is 5.18. The molecule has 0 aromatic heterocycles. The molecule has 2 rings (SSSR count). The van der Waals surface area contributed by atoms with Crippen LogP contribution in [-0.4, -0.2) is 43.3 Å². The van der Waals surface area contributed by atoms with Crippen LogP contribution >= 0.6 is 0 Å². The molecule has 3 nitrogen and oxygen atoms in total. The summed E-state index contributed by atoms with van der Waals surface area (Å²) in [6.45, 7) is 9.86. The Kier molecular flexibility index (Phi) is 4.05. The average molecular weight is 254 g/mol. The fourth-order valence-corrected chi connectivity index (χ4v) is 4.31. The largest absolute Gasteiger partial charge is 0.377 e. The van der Waals surface area contributed by atoms with Crippen molar-refractivity contribution < 1.29 is 4.74 Å². The Morgan fingerprint density at radius 2 is 2.11 bits per heavy atom. The summed E-state index contributed by atoms with van der Waals surface area (Å²) >= 11 is 0. The lowest BCUT2D eigenvalue weighted by atomic mass is 9.84. The zero-order chi connectivity index (χ0) is 13.4. The van der Waals surface area contributed by atoms with Crippen molar-refractivity contribution in [2.24, 2.45) is 17.1 Å². The van der Waals surface area contributed by atoms with E-state index in [1.807, 2.05) is 0 Å². The van der Waals surface area contributed by atoms with Crippen LogP contribution in [0, 0.1) is 11.3 Å². The zero-order valence-corrected chi connectivity index (χ0v) is 12.5. The van der Waals surface area contributed by atoms with Crippen molar-refractivity contribution in [3.63, 3.8) is 0 Å². The maximum atomic E-state index is 6.17. The van der Waals surface area contributed by atoms with E-state index in [4.69, 9.17) is 10.5 Å². The Morgan fingerprint density at radius 3 is 2.56 bits per heavy atom. The first kappa shape index (κ1) is 14.3. The highest BCUT2D eigenvalue weighted by Crippen LogP contribution is 2.49. The van der Waals surface area contributed by atoms with E-state index < -0.39 is 0 Å². The fourth-order valence-electron chi connectivity index (χ4n) is 4.31. The average Bonchev–Trinajstić information content (AvgIpc) is 2.84. The molecule has 3 heteroatoms. The summed E-state index contributed by atoms with van der Waals surface area (Å²) in [4.78, 5) is 2.50. The summed E-state index contributed by atoms with van der Waals surface area (Å²) < 4.78 is 5.78. The van der Waals surface area contributed by atoms with Crippen molar-refractivity contribution in [2.75, 3.05) is 26.7 Å². The summed E-state index contributed by atoms with van der Waals surface area (Å²) in [5.41, 5.74) is 6.77. The second-order valence-electron chi connectivity index (χ2n) is 7.27. The van der Waals surface area contributed by atoms with Crippen LogP contribution in [0.3, 0.4) is 0 Å². The lowest BCUT2D eigenvalue weighted by Gasteiger charge is -2.43. The smallest absolute Gasteiger partial charge is 0.0702 e. The molecular weight excluding hydrogens is 224 g/mol. The van der Waals surface area contributed by atoms with Crippen LogP contribution in [0.15, 0.2) is 0 Å². The first-order chi connectivity index (χ1) is 8.39. The number of hydrogen-bond donors (Lipinski definition) is 1. The van der Waals surface area contributed by atoms with Crippen LogP contribution < -0.4 is 5.73 Å². The zero-order valence-electron chi connectivity index (χ0n) is 12.5. The Morgan fingerprint density at radius 1 is 1.39 bits per heavy atom. The topological polar surface area (TPSA) is 38.5 Å². The van der Waals surface area contributed by atoms with Gasteiger partial charge in [0.05, 0.1) is 6.10 Å². The first-order valence-corrected chi connectivity index (χ1v) is 7.42. The van der Waals surface area contributed by atoms with E-state index in [0.717, 1.165) is 19.7 Å². The first-order valence-electron chi connectivity index (χ1n) is 7.42. The van der Waals surface area contributed by atoms with E-state index in [1.165, 1.54) is 25.7 Å². The van der Waals surface area contributed by atoms with Gasteiger partial charge in [0.25, 0.3) is 0 Å². The minimum atomic E-state index is 0.176. The maximum absolute atomic E-state index is 6.17. The van der Waals surface area contributed by atoms with Gasteiger partial charge in [-0.15, -0.1) is 0 Å². The summed E-state index contributed by atoms with van der Waals surface area (Å²) in [6, 6.07) is 0. The highest BCUT2D eigenvalue weighted by Gasteiger charge is 2.50. The van der Waals surface area contributed by atoms with Crippen molar-refractivity contribution >= 4 is 0 Å². The van der Waals surface area contributed by atoms with E-state index in [0.29, 0.717) is 17.4 Å². The number of nitrogens with two attached hydrogens (primary N) is 1. The Bertz CT molecular complexity index is 286. The molecule has 0 bridgehead atoms. The molecule has 2 aliphatic rings. The number of ether oxygens (including phenoxy) is 1. The molecule has 106 valence electrons. The third kappa shape index (κ3) is 2.59. The molecular formula is C15H30N2O. The maximum Gasteiger partial charge on any atom is 0.0702 e. The van der Waals surface area contributed by atoms with Gasteiger partial charge in [-0.2, -0.15) is 0 Å². The van der Waals surface area contributed by atoms with Gasteiger partial charge in [-0.05, 0) is 44.1 Å². The molecule has 0 radical (unpaired) electrons. The quantitative estimate of drug-likeness (QED) is 0.836. The highest BCUT2D eigenvalue weighted by atomic mass is 16.5. The van der Waals surface area contributed by atoms with E-state index in [2.05, 4.69) is 32.7 Å². The minimum absolute atomic E-state index is 0.176. The van der Waals surface area contributed by atoms with E-state index in [-0.39, 0.29) is 5.54 Å². The van der Waals surface area contributed by atoms with Gasteiger partial charge in [0, 0.05) is 25.2 Å². The van der Waals surface area contributed by atoms with Crippen molar-refractivity contribution in [2.45, 2.75) is 58.1 Å². The summed E-state index contributed by atoms with van der Waals surface area (Å²) in [5, 5.41) is 0. The van der Waals surface area contributed by atoms with Gasteiger partial charge in [0.15, 0.2) is 0 Å². The molecule has 2 fully saturated rings. The van der Waals surface area contributed by atoms with Crippen molar-refractivity contribution in [3.05, 3.63) is 0 Å². The van der Waals surface area contributed by atoms with Crippen LogP contribution in [0.1, 0.15) is 46.5 Å². The monoisotopic (exact) mass is 254 g/mol. The SMILES string of the molecule is CC1CC(C)(C)CC1(CN)N(C)CC1CCCO1. The van der Waals surface area contributed by atoms with Crippen molar-refractivity contribution in [1.29, 1.82) is 0 Å². The van der Waals surface area contributed by atoms with Crippen molar-refractivity contribution in [1.82, 2.24) is 4.90 Å². The third-order valence-corrected chi connectivity index (χ3v) is 5.18. The Labute approximate surface area is 112 Å². The van der Waals surface area contributed by atoms with Crippen LogP contribution in [-0.2, 0) is 4.74 Å². The second-order valence-corrected chi connectivity index (χ2v) is 7.27. The molecule has 0 aromatic rings. The Hall–Kier alpha value is -0.120. The number of likely N-dealkylation sites (N-methyl/N-ethyl adjacent to an activating group) is 1. The fraction of sp³-hybridized carbons (Fsp3) is 1.00. The predicted molar refractivity (Wildman–Crippen MR) is 75.6 cm³/mol. The Balaban J connectivity index is 2.06. The van der Waals surface area contributed by atoms with Gasteiger partial charge in [-0.1, -0.05) is 20.8 Å². The lowest BCUT2D eigenvalue weighted by Crippen LogP contribution is -2.56. The second kappa shape index (κ2) is 5.10. The van der Waals surface area contributed by atoms with Gasteiger partial charge in [-0.25, -0.2) is 0 Å². The molecule has 0 aromatic carbocycles. The van der Waals surface area contributed by atoms with E-state index >= 15 is 0 Å². The number of nitrogens with zero attached hydrogens (tertiary/aromatic N) is 1.